The predicted molar refractivity (Wildman–Crippen MR) is 157 cm³/mol. The molecule has 1 atom stereocenters. The lowest BCUT2D eigenvalue weighted by molar-refractivity contribution is 0.161. The molecule has 9 nitrogen and oxygen atoms in total. The zero-order valence-corrected chi connectivity index (χ0v) is 25.2. The molecule has 3 saturated heterocycles. The van der Waals surface area contributed by atoms with E-state index in [2.05, 4.69) is 14.8 Å². The Morgan fingerprint density at radius 3 is 2.35 bits per heavy atom. The van der Waals surface area contributed by atoms with Gasteiger partial charge in [-0.2, -0.15) is 9.29 Å². The number of benzene rings is 1. The second-order valence-electron chi connectivity index (χ2n) is 11.6. The van der Waals surface area contributed by atoms with Gasteiger partial charge in [-0.3, -0.25) is 0 Å². The first-order valence-corrected chi connectivity index (χ1v) is 16.4. The summed E-state index contributed by atoms with van der Waals surface area (Å²) in [6.07, 6.45) is 10.7. The van der Waals surface area contributed by atoms with Gasteiger partial charge in [0, 0.05) is 25.8 Å². The van der Waals surface area contributed by atoms with Crippen molar-refractivity contribution in [2.24, 2.45) is 5.92 Å². The van der Waals surface area contributed by atoms with E-state index < -0.39 is 10.0 Å². The van der Waals surface area contributed by atoms with Crippen molar-refractivity contribution in [2.75, 3.05) is 57.9 Å². The first-order valence-electron chi connectivity index (χ1n) is 15.0. The summed E-state index contributed by atoms with van der Waals surface area (Å²) in [5.41, 5.74) is 1.39. The van der Waals surface area contributed by atoms with Crippen LogP contribution in [0.1, 0.15) is 62.5 Å². The number of rotatable bonds is 10. The maximum atomic E-state index is 13.8. The summed E-state index contributed by atoms with van der Waals surface area (Å²) in [7, 11) is -2.10. The number of sulfonamides is 1. The summed E-state index contributed by atoms with van der Waals surface area (Å²) in [4.78, 5) is 14.4. The molecule has 3 aliphatic rings. The number of piperidine rings is 2. The maximum absolute atomic E-state index is 13.8. The van der Waals surface area contributed by atoms with Crippen LogP contribution in [0.4, 0.5) is 5.82 Å². The third-order valence-electron chi connectivity index (χ3n) is 8.82. The molecule has 40 heavy (non-hydrogen) atoms. The van der Waals surface area contributed by atoms with Crippen LogP contribution < -0.4 is 14.4 Å². The topological polar surface area (TPSA) is 88.1 Å². The summed E-state index contributed by atoms with van der Waals surface area (Å²) < 4.78 is 40.7. The van der Waals surface area contributed by atoms with E-state index in [9.17, 15) is 8.42 Å². The number of nitrogens with zero attached hydrogens (tertiary/aromatic N) is 5. The highest BCUT2D eigenvalue weighted by Crippen LogP contribution is 2.32. The average Bonchev–Trinajstić information content (AvgIpc) is 3.49. The zero-order chi connectivity index (χ0) is 28.1. The number of likely N-dealkylation sites (tertiary alicyclic amines) is 1. The molecule has 0 spiro atoms. The van der Waals surface area contributed by atoms with Crippen LogP contribution in [-0.4, -0.2) is 86.6 Å². The number of hydrogen-bond donors (Lipinski definition) is 0. The highest BCUT2D eigenvalue weighted by atomic mass is 32.2. The van der Waals surface area contributed by atoms with Gasteiger partial charge in [-0.25, -0.2) is 13.4 Å². The van der Waals surface area contributed by atoms with Crippen molar-refractivity contribution in [1.82, 2.24) is 19.2 Å². The molecule has 0 saturated carbocycles. The fourth-order valence-corrected chi connectivity index (χ4v) is 8.67. The molecule has 0 N–H and O–H groups in total. The number of anilines is 1. The first kappa shape index (κ1) is 29.1. The summed E-state index contributed by atoms with van der Waals surface area (Å²) in [5, 5.41) is 0. The number of hydrogen-bond acceptors (Lipinski definition) is 8. The summed E-state index contributed by atoms with van der Waals surface area (Å²) in [5.74, 6) is 2.34. The second-order valence-corrected chi connectivity index (χ2v) is 13.5. The van der Waals surface area contributed by atoms with Crippen LogP contribution in [0.3, 0.4) is 0 Å². The van der Waals surface area contributed by atoms with Crippen LogP contribution in [0.5, 0.6) is 11.8 Å². The predicted octanol–water partition coefficient (Wildman–Crippen LogP) is 4.43. The SMILES string of the molecule is COc1cc(C)c(S(=O)(=O)N2CCCCC2COc2nccc(N3CCC(CCN4CCCC4)CC3)n2)c(C)c1. The molecule has 0 aliphatic carbocycles. The molecule has 1 aromatic carbocycles. The molecule has 0 radical (unpaired) electrons. The molecule has 2 aromatic rings. The fraction of sp³-hybridized carbons (Fsp3) is 0.667. The first-order chi connectivity index (χ1) is 19.3. The Hall–Kier alpha value is -2.43. The Kier molecular flexibility index (Phi) is 9.48. The van der Waals surface area contributed by atoms with Gasteiger partial charge < -0.3 is 19.3 Å². The molecule has 0 amide bonds. The van der Waals surface area contributed by atoms with E-state index in [4.69, 9.17) is 14.5 Å². The number of methoxy groups -OCH3 is 1. The van der Waals surface area contributed by atoms with Crippen molar-refractivity contribution in [3.8, 4) is 11.8 Å². The van der Waals surface area contributed by atoms with Gasteiger partial charge >= 0.3 is 6.01 Å². The molecule has 3 aliphatic heterocycles. The Bertz CT molecular complexity index is 1220. The van der Waals surface area contributed by atoms with E-state index in [-0.39, 0.29) is 12.6 Å². The second kappa shape index (κ2) is 13.0. The minimum Gasteiger partial charge on any atom is -0.497 e. The Labute approximate surface area is 239 Å². The monoisotopic (exact) mass is 571 g/mol. The summed E-state index contributed by atoms with van der Waals surface area (Å²) in [6.45, 7) is 10.1. The number of aryl methyl sites for hydroxylation is 2. The van der Waals surface area contributed by atoms with Crippen molar-refractivity contribution in [3.63, 3.8) is 0 Å². The Balaban J connectivity index is 1.19. The van der Waals surface area contributed by atoms with Crippen molar-refractivity contribution < 1.29 is 17.9 Å². The molecule has 0 bridgehead atoms. The van der Waals surface area contributed by atoms with Crippen LogP contribution in [0, 0.1) is 19.8 Å². The molecule has 220 valence electrons. The molecular weight excluding hydrogens is 526 g/mol. The normalized spacial score (nSPS) is 21.6. The summed E-state index contributed by atoms with van der Waals surface area (Å²) in [6, 6.07) is 5.56. The molecule has 10 heteroatoms. The van der Waals surface area contributed by atoms with Crippen LogP contribution in [-0.2, 0) is 10.0 Å². The van der Waals surface area contributed by atoms with Crippen LogP contribution in [0.15, 0.2) is 29.3 Å². The minimum atomic E-state index is -3.70. The van der Waals surface area contributed by atoms with E-state index in [0.717, 1.165) is 44.1 Å². The van der Waals surface area contributed by atoms with E-state index in [1.807, 2.05) is 19.9 Å². The van der Waals surface area contributed by atoms with Crippen molar-refractivity contribution in [3.05, 3.63) is 35.5 Å². The molecule has 5 rings (SSSR count). The van der Waals surface area contributed by atoms with Gasteiger partial charge in [-0.15, -0.1) is 0 Å². The van der Waals surface area contributed by atoms with Crippen LogP contribution in [0.25, 0.3) is 0 Å². The third-order valence-corrected chi connectivity index (χ3v) is 11.1. The lowest BCUT2D eigenvalue weighted by Gasteiger charge is -2.35. The molecule has 1 aromatic heterocycles. The van der Waals surface area contributed by atoms with Crippen molar-refractivity contribution in [1.29, 1.82) is 0 Å². The molecule has 1 unspecified atom stereocenters. The highest BCUT2D eigenvalue weighted by molar-refractivity contribution is 7.89. The minimum absolute atomic E-state index is 0.232. The molecule has 4 heterocycles. The van der Waals surface area contributed by atoms with Gasteiger partial charge in [0.25, 0.3) is 0 Å². The zero-order valence-electron chi connectivity index (χ0n) is 24.3. The van der Waals surface area contributed by atoms with E-state index >= 15 is 0 Å². The van der Waals surface area contributed by atoms with Gasteiger partial charge in [0.2, 0.25) is 10.0 Å². The lowest BCUT2D eigenvalue weighted by Crippen LogP contribution is -2.47. The van der Waals surface area contributed by atoms with E-state index in [1.165, 1.54) is 51.7 Å². The van der Waals surface area contributed by atoms with Gasteiger partial charge in [0.05, 0.1) is 18.0 Å². The van der Waals surface area contributed by atoms with Gasteiger partial charge in [0.1, 0.15) is 18.2 Å². The quantitative estimate of drug-likeness (QED) is 0.414. The van der Waals surface area contributed by atoms with Gasteiger partial charge in [-0.05, 0) is 114 Å². The molecular formula is C30H45N5O4S. The maximum Gasteiger partial charge on any atom is 0.318 e. The van der Waals surface area contributed by atoms with Crippen molar-refractivity contribution in [2.45, 2.75) is 76.2 Å². The average molecular weight is 572 g/mol. The van der Waals surface area contributed by atoms with Crippen LogP contribution in [0.2, 0.25) is 0 Å². The van der Waals surface area contributed by atoms with Crippen molar-refractivity contribution >= 4 is 15.8 Å². The Morgan fingerprint density at radius 1 is 0.950 bits per heavy atom. The van der Waals surface area contributed by atoms with Crippen LogP contribution >= 0.6 is 0 Å². The number of ether oxygens (including phenoxy) is 2. The largest absolute Gasteiger partial charge is 0.497 e. The van der Waals surface area contributed by atoms with Gasteiger partial charge in [-0.1, -0.05) is 6.42 Å². The summed E-state index contributed by atoms with van der Waals surface area (Å²) >= 11 is 0. The Morgan fingerprint density at radius 2 is 1.65 bits per heavy atom. The smallest absolute Gasteiger partial charge is 0.318 e. The third kappa shape index (κ3) is 6.71. The van der Waals surface area contributed by atoms with Gasteiger partial charge in [0.15, 0.2) is 0 Å². The fourth-order valence-electron chi connectivity index (χ4n) is 6.58. The highest BCUT2D eigenvalue weighted by Gasteiger charge is 2.36. The molecule has 3 fully saturated rings. The van der Waals surface area contributed by atoms with E-state index in [1.54, 1.807) is 29.7 Å². The van der Waals surface area contributed by atoms with E-state index in [0.29, 0.717) is 34.3 Å². The standard InChI is InChI=1S/C30H45N5O4S/c1-23-20-27(38-3)21-24(2)29(23)40(36,37)35-16-5-4-8-26(35)22-39-30-31-13-9-28(32-30)34-18-11-25(12-19-34)10-17-33-14-6-7-15-33/h9,13,20-21,25-26H,4-8,10-12,14-19,22H2,1-3H3. The number of aromatic nitrogens is 2. The lowest BCUT2D eigenvalue weighted by atomic mass is 9.93.